The van der Waals surface area contributed by atoms with Gasteiger partial charge in [0.1, 0.15) is 0 Å². The van der Waals surface area contributed by atoms with Gasteiger partial charge in [-0.05, 0) is 24.1 Å². The van der Waals surface area contributed by atoms with E-state index in [0.29, 0.717) is 42.7 Å². The fourth-order valence-corrected chi connectivity index (χ4v) is 4.25. The maximum atomic E-state index is 12.3. The number of carbonyl (C=O) groups is 2. The molecule has 1 aromatic heterocycles. The first kappa shape index (κ1) is 21.8. The number of fused-ring (bicyclic) bond motifs is 1. The minimum atomic E-state index is -0.535. The predicted molar refractivity (Wildman–Crippen MR) is 113 cm³/mol. The number of hydrogen-bond donors (Lipinski definition) is 2. The summed E-state index contributed by atoms with van der Waals surface area (Å²) in [6, 6.07) is 5.74. The molecule has 1 aromatic carbocycles. The first-order chi connectivity index (χ1) is 14.5. The Bertz CT molecular complexity index is 901. The van der Waals surface area contributed by atoms with Gasteiger partial charge in [0.25, 0.3) is 0 Å². The highest BCUT2D eigenvalue weighted by molar-refractivity contribution is 7.15. The van der Waals surface area contributed by atoms with Gasteiger partial charge < -0.3 is 19.5 Å². The molecule has 3 rings (SSSR count). The summed E-state index contributed by atoms with van der Waals surface area (Å²) in [7, 11) is 4.52. The number of thiazole rings is 1. The van der Waals surface area contributed by atoms with Crippen molar-refractivity contribution >= 4 is 28.5 Å². The van der Waals surface area contributed by atoms with E-state index in [-0.39, 0.29) is 5.91 Å². The Labute approximate surface area is 179 Å². The van der Waals surface area contributed by atoms with Crippen LogP contribution in [-0.2, 0) is 28.9 Å². The Hall–Kier alpha value is -2.85. The van der Waals surface area contributed by atoms with E-state index in [0.717, 1.165) is 29.1 Å². The van der Waals surface area contributed by atoms with Gasteiger partial charge >= 0.3 is 6.09 Å². The molecule has 0 fully saturated rings. The summed E-state index contributed by atoms with van der Waals surface area (Å²) < 4.78 is 15.1. The third-order valence-corrected chi connectivity index (χ3v) is 5.75. The lowest BCUT2D eigenvalue weighted by Crippen LogP contribution is -2.40. The fourth-order valence-electron chi connectivity index (χ4n) is 3.22. The van der Waals surface area contributed by atoms with Crippen molar-refractivity contribution in [2.45, 2.75) is 19.4 Å². The molecular weight excluding hydrogens is 408 g/mol. The Balaban J connectivity index is 1.45. The topological polar surface area (TPSA) is 102 Å². The molecule has 9 nitrogen and oxygen atoms in total. The molecule has 0 spiro atoms. The molecule has 0 atom stereocenters. The number of carbonyl (C=O) groups excluding carboxylic acids is 2. The number of amides is 2. The SMILES string of the molecule is COC(=O)Nc1nc2c(s1)CN(CC(=O)NCCc1ccc(OC)c(OC)c1)CC2. The molecule has 2 aromatic rings. The third-order valence-electron chi connectivity index (χ3n) is 4.76. The van der Waals surface area contributed by atoms with Crippen molar-refractivity contribution in [2.75, 3.05) is 46.3 Å². The molecule has 0 aliphatic carbocycles. The lowest BCUT2D eigenvalue weighted by molar-refractivity contribution is -0.122. The van der Waals surface area contributed by atoms with Gasteiger partial charge in [-0.15, -0.1) is 0 Å². The maximum Gasteiger partial charge on any atom is 0.413 e. The van der Waals surface area contributed by atoms with E-state index in [1.54, 1.807) is 14.2 Å². The quantitative estimate of drug-likeness (QED) is 0.656. The summed E-state index contributed by atoms with van der Waals surface area (Å²) in [5, 5.41) is 6.09. The van der Waals surface area contributed by atoms with Crippen molar-refractivity contribution in [3.05, 3.63) is 34.3 Å². The van der Waals surface area contributed by atoms with E-state index in [1.165, 1.54) is 18.4 Å². The number of ether oxygens (including phenoxy) is 3. The monoisotopic (exact) mass is 434 g/mol. The van der Waals surface area contributed by atoms with Gasteiger partial charge in [0.05, 0.1) is 33.6 Å². The van der Waals surface area contributed by atoms with Gasteiger partial charge in [-0.2, -0.15) is 0 Å². The molecule has 162 valence electrons. The predicted octanol–water partition coefficient (Wildman–Crippen LogP) is 2.06. The highest BCUT2D eigenvalue weighted by Crippen LogP contribution is 2.29. The van der Waals surface area contributed by atoms with Gasteiger partial charge in [-0.25, -0.2) is 9.78 Å². The third kappa shape index (κ3) is 5.61. The van der Waals surface area contributed by atoms with Gasteiger partial charge in [0.2, 0.25) is 5.91 Å². The van der Waals surface area contributed by atoms with Gasteiger partial charge in [-0.3, -0.25) is 15.0 Å². The second kappa shape index (κ2) is 10.3. The van der Waals surface area contributed by atoms with E-state index in [9.17, 15) is 9.59 Å². The smallest absolute Gasteiger partial charge is 0.413 e. The van der Waals surface area contributed by atoms with Crippen LogP contribution in [-0.4, -0.2) is 62.8 Å². The molecule has 2 heterocycles. The average Bonchev–Trinajstić information content (AvgIpc) is 3.14. The van der Waals surface area contributed by atoms with Crippen LogP contribution in [0.5, 0.6) is 11.5 Å². The Morgan fingerprint density at radius 2 is 2.00 bits per heavy atom. The van der Waals surface area contributed by atoms with Crippen LogP contribution in [0.2, 0.25) is 0 Å². The van der Waals surface area contributed by atoms with Crippen LogP contribution in [0.4, 0.5) is 9.93 Å². The zero-order valence-corrected chi connectivity index (χ0v) is 18.1. The largest absolute Gasteiger partial charge is 0.493 e. The molecule has 30 heavy (non-hydrogen) atoms. The van der Waals surface area contributed by atoms with Crippen molar-refractivity contribution in [1.29, 1.82) is 0 Å². The molecule has 0 radical (unpaired) electrons. The Morgan fingerprint density at radius 3 is 2.73 bits per heavy atom. The van der Waals surface area contributed by atoms with Crippen LogP contribution in [0, 0.1) is 0 Å². The summed E-state index contributed by atoms with van der Waals surface area (Å²) in [5.41, 5.74) is 2.03. The Kier molecular flexibility index (Phi) is 7.47. The van der Waals surface area contributed by atoms with E-state index in [4.69, 9.17) is 9.47 Å². The summed E-state index contributed by atoms with van der Waals surface area (Å²) in [4.78, 5) is 31.2. The first-order valence-electron chi connectivity index (χ1n) is 9.56. The van der Waals surface area contributed by atoms with Gasteiger partial charge in [-0.1, -0.05) is 17.4 Å². The van der Waals surface area contributed by atoms with Gasteiger partial charge in [0.15, 0.2) is 16.6 Å². The van der Waals surface area contributed by atoms with Crippen LogP contribution < -0.4 is 20.1 Å². The molecule has 0 bridgehead atoms. The molecular formula is C20H26N4O5S. The number of nitrogens with zero attached hydrogens (tertiary/aromatic N) is 2. The highest BCUT2D eigenvalue weighted by atomic mass is 32.1. The normalized spacial score (nSPS) is 13.3. The summed E-state index contributed by atoms with van der Waals surface area (Å²) in [6.07, 6.45) is 0.910. The minimum Gasteiger partial charge on any atom is -0.493 e. The number of benzene rings is 1. The second-order valence-corrected chi connectivity index (χ2v) is 7.84. The van der Waals surface area contributed by atoms with Crippen molar-refractivity contribution in [3.63, 3.8) is 0 Å². The summed E-state index contributed by atoms with van der Waals surface area (Å²) >= 11 is 1.41. The number of anilines is 1. The highest BCUT2D eigenvalue weighted by Gasteiger charge is 2.22. The molecule has 2 amide bonds. The van der Waals surface area contributed by atoms with Crippen LogP contribution in [0.1, 0.15) is 16.1 Å². The molecule has 1 aliphatic heterocycles. The van der Waals surface area contributed by atoms with Crippen LogP contribution in [0.25, 0.3) is 0 Å². The number of hydrogen-bond acceptors (Lipinski definition) is 8. The van der Waals surface area contributed by atoms with Crippen LogP contribution in [0.3, 0.4) is 0 Å². The summed E-state index contributed by atoms with van der Waals surface area (Å²) in [6.45, 7) is 2.25. The number of rotatable bonds is 8. The van der Waals surface area contributed by atoms with E-state index in [2.05, 4.69) is 25.3 Å². The number of aromatic nitrogens is 1. The van der Waals surface area contributed by atoms with Crippen molar-refractivity contribution in [3.8, 4) is 11.5 Å². The molecule has 1 aliphatic rings. The second-order valence-electron chi connectivity index (χ2n) is 6.76. The van der Waals surface area contributed by atoms with Gasteiger partial charge in [0, 0.05) is 30.9 Å². The minimum absolute atomic E-state index is 0.0173. The van der Waals surface area contributed by atoms with E-state index in [1.807, 2.05) is 18.2 Å². The molecule has 0 saturated carbocycles. The van der Waals surface area contributed by atoms with Crippen molar-refractivity contribution in [2.24, 2.45) is 0 Å². The number of methoxy groups -OCH3 is 3. The van der Waals surface area contributed by atoms with Crippen LogP contribution in [0.15, 0.2) is 18.2 Å². The molecule has 0 unspecified atom stereocenters. The first-order valence-corrected chi connectivity index (χ1v) is 10.4. The molecule has 0 saturated heterocycles. The molecule has 2 N–H and O–H groups in total. The van der Waals surface area contributed by atoms with Crippen molar-refractivity contribution < 1.29 is 23.8 Å². The number of nitrogens with one attached hydrogen (secondary N) is 2. The lowest BCUT2D eigenvalue weighted by Gasteiger charge is -2.25. The standard InChI is InChI=1S/C20H26N4O5S/c1-27-15-5-4-13(10-16(15)28-2)6-8-21-18(25)12-24-9-7-14-17(11-24)30-19(22-14)23-20(26)29-3/h4-5,10H,6-9,11-12H2,1-3H3,(H,21,25)(H,22,23,26). The van der Waals surface area contributed by atoms with Crippen molar-refractivity contribution in [1.82, 2.24) is 15.2 Å². The Morgan fingerprint density at radius 1 is 1.20 bits per heavy atom. The average molecular weight is 435 g/mol. The molecule has 10 heteroatoms. The summed E-state index contributed by atoms with van der Waals surface area (Å²) in [5.74, 6) is 1.34. The zero-order valence-electron chi connectivity index (χ0n) is 17.3. The zero-order chi connectivity index (χ0) is 21.5. The maximum absolute atomic E-state index is 12.3. The van der Waals surface area contributed by atoms with Crippen LogP contribution >= 0.6 is 11.3 Å². The fraction of sp³-hybridized carbons (Fsp3) is 0.450. The van der Waals surface area contributed by atoms with E-state index < -0.39 is 6.09 Å². The lowest BCUT2D eigenvalue weighted by atomic mass is 10.1. The van der Waals surface area contributed by atoms with E-state index >= 15 is 0 Å².